The summed E-state index contributed by atoms with van der Waals surface area (Å²) < 4.78 is 1.46. The number of nitrogens with one attached hydrogen (secondary N) is 1. The maximum Gasteiger partial charge on any atom is 0.328 e. The maximum atomic E-state index is 12.6. The number of rotatable bonds is 3. The van der Waals surface area contributed by atoms with E-state index < -0.39 is 11.2 Å². The minimum absolute atomic E-state index is 0.0154. The lowest BCUT2D eigenvalue weighted by molar-refractivity contribution is -0.132. The molecule has 2 aromatic carbocycles. The smallest absolute Gasteiger partial charge is 0.328 e. The second-order valence-electron chi connectivity index (χ2n) is 6.51. The van der Waals surface area contributed by atoms with Gasteiger partial charge in [-0.15, -0.1) is 0 Å². The normalized spacial score (nSPS) is 13.6. The number of carbonyl (C=O) groups excluding carboxylic acids is 1. The zero-order valence-electron chi connectivity index (χ0n) is 14.3. The van der Waals surface area contributed by atoms with Crippen molar-refractivity contribution in [1.29, 1.82) is 0 Å². The third-order valence-corrected chi connectivity index (χ3v) is 4.94. The van der Waals surface area contributed by atoms with E-state index in [4.69, 9.17) is 0 Å². The Balaban J connectivity index is 1.53. The Hall–Kier alpha value is -3.15. The molecule has 0 aliphatic carbocycles. The van der Waals surface area contributed by atoms with Gasteiger partial charge in [-0.2, -0.15) is 0 Å². The molecule has 0 fully saturated rings. The van der Waals surface area contributed by atoms with Gasteiger partial charge in [0, 0.05) is 26.1 Å². The van der Waals surface area contributed by atoms with Gasteiger partial charge in [0.05, 0.1) is 10.9 Å². The number of aromatic nitrogens is 2. The zero-order valence-corrected chi connectivity index (χ0v) is 14.3. The Morgan fingerprint density at radius 1 is 1.00 bits per heavy atom. The van der Waals surface area contributed by atoms with Crippen molar-refractivity contribution in [1.82, 2.24) is 14.5 Å². The van der Waals surface area contributed by atoms with Crippen molar-refractivity contribution in [3.8, 4) is 0 Å². The molecular weight excluding hydrogens is 330 g/mol. The Kier molecular flexibility index (Phi) is 4.16. The van der Waals surface area contributed by atoms with Crippen LogP contribution in [-0.2, 0) is 24.3 Å². The number of H-pyrrole nitrogens is 1. The molecule has 0 saturated carbocycles. The number of hydrogen-bond donors (Lipinski definition) is 1. The maximum absolute atomic E-state index is 12.6. The molecular formula is C20H19N3O3. The second kappa shape index (κ2) is 6.63. The van der Waals surface area contributed by atoms with Gasteiger partial charge in [-0.3, -0.25) is 19.1 Å². The van der Waals surface area contributed by atoms with Crippen molar-refractivity contribution < 1.29 is 4.79 Å². The van der Waals surface area contributed by atoms with Crippen molar-refractivity contribution in [2.75, 3.05) is 6.54 Å². The largest absolute Gasteiger partial charge is 0.338 e. The van der Waals surface area contributed by atoms with E-state index >= 15 is 0 Å². The molecule has 1 aliphatic rings. The number of aromatic amines is 1. The van der Waals surface area contributed by atoms with E-state index in [0.717, 1.165) is 6.42 Å². The molecule has 0 unspecified atom stereocenters. The predicted octanol–water partition coefficient (Wildman–Crippen LogP) is 1.66. The van der Waals surface area contributed by atoms with Crippen molar-refractivity contribution in [2.24, 2.45) is 0 Å². The number of para-hydroxylation sites is 1. The Morgan fingerprint density at radius 3 is 2.58 bits per heavy atom. The van der Waals surface area contributed by atoms with Gasteiger partial charge in [-0.05, 0) is 29.7 Å². The average Bonchev–Trinajstić information content (AvgIpc) is 2.67. The second-order valence-corrected chi connectivity index (χ2v) is 6.51. The summed E-state index contributed by atoms with van der Waals surface area (Å²) in [5, 5.41) is 0.450. The highest BCUT2D eigenvalue weighted by atomic mass is 16.2. The fourth-order valence-electron chi connectivity index (χ4n) is 3.54. The van der Waals surface area contributed by atoms with Crippen molar-refractivity contribution in [3.05, 3.63) is 80.5 Å². The molecule has 1 aliphatic heterocycles. The van der Waals surface area contributed by atoms with Gasteiger partial charge in [0.1, 0.15) is 0 Å². The number of nitrogens with zero attached hydrogens (tertiary/aromatic N) is 2. The van der Waals surface area contributed by atoms with E-state index in [9.17, 15) is 14.4 Å². The molecule has 4 rings (SSSR count). The highest BCUT2D eigenvalue weighted by Gasteiger charge is 2.20. The topological polar surface area (TPSA) is 75.2 Å². The van der Waals surface area contributed by atoms with Crippen LogP contribution < -0.4 is 11.2 Å². The third kappa shape index (κ3) is 2.94. The van der Waals surface area contributed by atoms with Crippen molar-refractivity contribution in [2.45, 2.75) is 25.9 Å². The summed E-state index contributed by atoms with van der Waals surface area (Å²) in [6, 6.07) is 15.1. The van der Waals surface area contributed by atoms with Crippen molar-refractivity contribution >= 4 is 16.8 Å². The number of carbonyl (C=O) groups is 1. The van der Waals surface area contributed by atoms with Crippen LogP contribution in [0.4, 0.5) is 0 Å². The summed E-state index contributed by atoms with van der Waals surface area (Å²) in [5.74, 6) is 0.0154. The van der Waals surface area contributed by atoms with Gasteiger partial charge in [0.15, 0.2) is 0 Å². The minimum Gasteiger partial charge on any atom is -0.338 e. The lowest BCUT2D eigenvalue weighted by atomic mass is 10.00. The molecule has 1 N–H and O–H groups in total. The summed E-state index contributed by atoms with van der Waals surface area (Å²) in [6.45, 7) is 1.54. The molecule has 0 bridgehead atoms. The fourth-order valence-corrected chi connectivity index (χ4v) is 3.54. The lowest BCUT2D eigenvalue weighted by Gasteiger charge is -2.29. The average molecular weight is 349 g/mol. The molecule has 1 aromatic heterocycles. The van der Waals surface area contributed by atoms with Crippen LogP contribution in [0.25, 0.3) is 10.9 Å². The van der Waals surface area contributed by atoms with Crippen molar-refractivity contribution in [3.63, 3.8) is 0 Å². The van der Waals surface area contributed by atoms with E-state index in [2.05, 4.69) is 17.1 Å². The van der Waals surface area contributed by atoms with Crippen LogP contribution in [0.15, 0.2) is 58.1 Å². The van der Waals surface area contributed by atoms with Gasteiger partial charge in [-0.1, -0.05) is 36.4 Å². The molecule has 26 heavy (non-hydrogen) atoms. The number of amides is 1. The van der Waals surface area contributed by atoms with Crippen LogP contribution in [0.3, 0.4) is 0 Å². The summed E-state index contributed by atoms with van der Waals surface area (Å²) in [6.07, 6.45) is 1.07. The number of fused-ring (bicyclic) bond motifs is 2. The molecule has 0 saturated heterocycles. The number of benzene rings is 2. The van der Waals surface area contributed by atoms with E-state index in [1.165, 1.54) is 15.7 Å². The predicted molar refractivity (Wildman–Crippen MR) is 99.0 cm³/mol. The van der Waals surface area contributed by atoms with Crippen LogP contribution in [-0.4, -0.2) is 26.9 Å². The van der Waals surface area contributed by atoms with Crippen LogP contribution in [0, 0.1) is 0 Å². The van der Waals surface area contributed by atoms with E-state index in [1.807, 2.05) is 17.0 Å². The molecule has 2 heterocycles. The van der Waals surface area contributed by atoms with Gasteiger partial charge in [0.25, 0.3) is 5.56 Å². The van der Waals surface area contributed by atoms with Gasteiger partial charge in [-0.25, -0.2) is 4.79 Å². The quantitative estimate of drug-likeness (QED) is 0.781. The Morgan fingerprint density at radius 2 is 1.73 bits per heavy atom. The first-order valence-electron chi connectivity index (χ1n) is 8.70. The first-order chi connectivity index (χ1) is 12.6. The summed E-state index contributed by atoms with van der Waals surface area (Å²) in [4.78, 5) is 40.9. The molecule has 1 amide bonds. The summed E-state index contributed by atoms with van der Waals surface area (Å²) >= 11 is 0. The fraction of sp³-hybridized carbons (Fsp3) is 0.250. The van der Waals surface area contributed by atoms with Gasteiger partial charge < -0.3 is 4.90 Å². The van der Waals surface area contributed by atoms with E-state index in [0.29, 0.717) is 24.0 Å². The summed E-state index contributed by atoms with van der Waals surface area (Å²) in [5.41, 5.74) is 2.14. The highest BCUT2D eigenvalue weighted by molar-refractivity contribution is 5.79. The zero-order chi connectivity index (χ0) is 18.1. The summed E-state index contributed by atoms with van der Waals surface area (Å²) in [7, 11) is 0. The Bertz CT molecular complexity index is 1100. The van der Waals surface area contributed by atoms with Crippen LogP contribution in [0.1, 0.15) is 17.5 Å². The number of aryl methyl sites for hydroxylation is 1. The Labute approximate surface area is 149 Å². The van der Waals surface area contributed by atoms with Crippen LogP contribution in [0.2, 0.25) is 0 Å². The van der Waals surface area contributed by atoms with Crippen LogP contribution in [0.5, 0.6) is 0 Å². The first-order valence-corrected chi connectivity index (χ1v) is 8.70. The molecule has 3 aromatic rings. The van der Waals surface area contributed by atoms with Gasteiger partial charge >= 0.3 is 5.69 Å². The standard InChI is InChI=1S/C20H19N3O3/c24-18(22-11-9-14-5-1-2-6-15(14)13-22)10-12-23-17-8-4-3-7-16(17)19(25)21-20(23)26/h1-8H,9-13H2,(H,21,25,26). The lowest BCUT2D eigenvalue weighted by Crippen LogP contribution is -2.37. The monoisotopic (exact) mass is 349 g/mol. The third-order valence-electron chi connectivity index (χ3n) is 4.94. The molecule has 0 spiro atoms. The molecule has 0 atom stereocenters. The minimum atomic E-state index is -0.481. The molecule has 6 heteroatoms. The van der Waals surface area contributed by atoms with E-state index in [1.54, 1.807) is 24.3 Å². The molecule has 0 radical (unpaired) electrons. The van der Waals surface area contributed by atoms with Gasteiger partial charge in [0.2, 0.25) is 5.91 Å². The number of hydrogen-bond acceptors (Lipinski definition) is 3. The molecule has 6 nitrogen and oxygen atoms in total. The molecule has 132 valence electrons. The SMILES string of the molecule is O=C(CCn1c(=O)[nH]c(=O)c2ccccc21)N1CCc2ccccc2C1. The highest BCUT2D eigenvalue weighted by Crippen LogP contribution is 2.19. The van der Waals surface area contributed by atoms with Crippen LogP contribution >= 0.6 is 0 Å². The van der Waals surface area contributed by atoms with E-state index in [-0.39, 0.29) is 18.9 Å². The first kappa shape index (κ1) is 16.3.